The highest BCUT2D eigenvalue weighted by Crippen LogP contribution is 2.36. The van der Waals surface area contributed by atoms with Crippen molar-refractivity contribution < 1.29 is 19.1 Å². The van der Waals surface area contributed by atoms with Crippen LogP contribution in [0.3, 0.4) is 0 Å². The summed E-state index contributed by atoms with van der Waals surface area (Å²) in [4.78, 5) is 33.4. The third-order valence-corrected chi connectivity index (χ3v) is 6.89. The molecule has 1 aliphatic rings. The Morgan fingerprint density at radius 3 is 2.55 bits per heavy atom. The fourth-order valence-electron chi connectivity index (χ4n) is 3.58. The molecule has 4 rings (SSSR count). The fraction of sp³-hybridized carbons (Fsp3) is 0.348. The topological polar surface area (TPSA) is 68.7 Å². The number of carbonyl (C=O) groups is 2. The first-order valence-electron chi connectivity index (χ1n) is 10.2. The smallest absolute Gasteiger partial charge is 0.311 e. The lowest BCUT2D eigenvalue weighted by Gasteiger charge is -2.35. The molecule has 1 aromatic carbocycles. The SMILES string of the molecule is CC1CN(C(=O)COC(=O)Cc2sc(-c3ccccc3)nc2-c2cccs2)CC(C)O1. The number of esters is 1. The molecule has 0 aliphatic carbocycles. The third-order valence-electron chi connectivity index (χ3n) is 4.91. The Kier molecular flexibility index (Phi) is 6.80. The summed E-state index contributed by atoms with van der Waals surface area (Å²) < 4.78 is 11.0. The minimum Gasteiger partial charge on any atom is -0.455 e. The maximum absolute atomic E-state index is 12.6. The molecular weight excluding hydrogens is 432 g/mol. The summed E-state index contributed by atoms with van der Waals surface area (Å²) in [6, 6.07) is 13.9. The summed E-state index contributed by atoms with van der Waals surface area (Å²) in [5.41, 5.74) is 1.81. The lowest BCUT2D eigenvalue weighted by Crippen LogP contribution is -2.49. The molecule has 1 aliphatic heterocycles. The first kappa shape index (κ1) is 21.7. The number of morpholine rings is 1. The van der Waals surface area contributed by atoms with Crippen LogP contribution in [-0.4, -0.2) is 53.7 Å². The zero-order valence-corrected chi connectivity index (χ0v) is 19.1. The molecule has 3 aromatic rings. The van der Waals surface area contributed by atoms with Crippen LogP contribution in [0.2, 0.25) is 0 Å². The van der Waals surface area contributed by atoms with Crippen molar-refractivity contribution in [2.75, 3.05) is 19.7 Å². The normalized spacial score (nSPS) is 18.7. The molecule has 0 spiro atoms. The number of aromatic nitrogens is 1. The minimum atomic E-state index is -0.427. The number of thiophene rings is 1. The van der Waals surface area contributed by atoms with Crippen LogP contribution in [0.25, 0.3) is 21.1 Å². The second kappa shape index (κ2) is 9.72. The van der Waals surface area contributed by atoms with Gasteiger partial charge in [-0.25, -0.2) is 4.98 Å². The van der Waals surface area contributed by atoms with Crippen molar-refractivity contribution in [2.24, 2.45) is 0 Å². The lowest BCUT2D eigenvalue weighted by molar-refractivity contribution is -0.156. The van der Waals surface area contributed by atoms with Crippen LogP contribution in [0, 0.1) is 0 Å². The molecular formula is C23H24N2O4S2. The average molecular weight is 457 g/mol. The summed E-state index contributed by atoms with van der Waals surface area (Å²) in [6.45, 7) is 4.64. The predicted molar refractivity (Wildman–Crippen MR) is 122 cm³/mol. The molecule has 1 fully saturated rings. The van der Waals surface area contributed by atoms with Crippen LogP contribution in [0.15, 0.2) is 47.8 Å². The van der Waals surface area contributed by atoms with Gasteiger partial charge in [-0.2, -0.15) is 0 Å². The van der Waals surface area contributed by atoms with Gasteiger partial charge in [0.1, 0.15) is 5.01 Å². The molecule has 3 heterocycles. The third kappa shape index (κ3) is 5.39. The van der Waals surface area contributed by atoms with E-state index >= 15 is 0 Å². The van der Waals surface area contributed by atoms with Gasteiger partial charge in [0.05, 0.1) is 29.2 Å². The zero-order valence-electron chi connectivity index (χ0n) is 17.4. The highest BCUT2D eigenvalue weighted by atomic mass is 32.1. The summed E-state index contributed by atoms with van der Waals surface area (Å²) in [6.07, 6.45) is 0.0386. The van der Waals surface area contributed by atoms with E-state index in [2.05, 4.69) is 0 Å². The molecule has 6 nitrogen and oxygen atoms in total. The van der Waals surface area contributed by atoms with Gasteiger partial charge < -0.3 is 14.4 Å². The van der Waals surface area contributed by atoms with E-state index in [0.717, 1.165) is 26.0 Å². The number of benzene rings is 1. The molecule has 2 aromatic heterocycles. The fourth-order valence-corrected chi connectivity index (χ4v) is 5.45. The van der Waals surface area contributed by atoms with Gasteiger partial charge in [0.25, 0.3) is 5.91 Å². The van der Waals surface area contributed by atoms with Crippen LogP contribution < -0.4 is 0 Å². The molecule has 1 amide bonds. The van der Waals surface area contributed by atoms with Gasteiger partial charge in [0.15, 0.2) is 6.61 Å². The Labute approximate surface area is 189 Å². The average Bonchev–Trinajstić information content (AvgIpc) is 3.42. The first-order chi connectivity index (χ1) is 15.0. The monoisotopic (exact) mass is 456 g/mol. The summed E-state index contributed by atoms with van der Waals surface area (Å²) in [5, 5.41) is 2.85. The molecule has 8 heteroatoms. The molecule has 0 saturated carbocycles. The Hall–Kier alpha value is -2.55. The van der Waals surface area contributed by atoms with Gasteiger partial charge in [-0.1, -0.05) is 36.4 Å². The molecule has 1 saturated heterocycles. The van der Waals surface area contributed by atoms with Crippen molar-refractivity contribution in [3.8, 4) is 21.1 Å². The van der Waals surface area contributed by atoms with Crippen LogP contribution >= 0.6 is 22.7 Å². The van der Waals surface area contributed by atoms with Crippen molar-refractivity contribution >= 4 is 34.6 Å². The number of hydrogen-bond acceptors (Lipinski definition) is 7. The van der Waals surface area contributed by atoms with Crippen molar-refractivity contribution in [3.05, 3.63) is 52.7 Å². The van der Waals surface area contributed by atoms with Gasteiger partial charge in [0, 0.05) is 23.5 Å². The van der Waals surface area contributed by atoms with Crippen molar-refractivity contribution in [1.29, 1.82) is 0 Å². The summed E-state index contributed by atoms with van der Waals surface area (Å²) in [5.74, 6) is -0.619. The lowest BCUT2D eigenvalue weighted by atomic mass is 10.2. The number of thiazole rings is 1. The Balaban J connectivity index is 1.44. The van der Waals surface area contributed by atoms with E-state index in [1.807, 2.05) is 61.7 Å². The number of ether oxygens (including phenoxy) is 2. The van der Waals surface area contributed by atoms with E-state index in [-0.39, 0.29) is 31.1 Å². The molecule has 162 valence electrons. The van der Waals surface area contributed by atoms with Crippen LogP contribution in [0.5, 0.6) is 0 Å². The van der Waals surface area contributed by atoms with E-state index < -0.39 is 5.97 Å². The summed E-state index contributed by atoms with van der Waals surface area (Å²) >= 11 is 3.07. The van der Waals surface area contributed by atoms with Gasteiger partial charge >= 0.3 is 5.97 Å². The number of hydrogen-bond donors (Lipinski definition) is 0. The van der Waals surface area contributed by atoms with Gasteiger partial charge in [-0.15, -0.1) is 22.7 Å². The Morgan fingerprint density at radius 1 is 1.13 bits per heavy atom. The van der Waals surface area contributed by atoms with Gasteiger partial charge in [-0.3, -0.25) is 9.59 Å². The van der Waals surface area contributed by atoms with Crippen LogP contribution in [0.4, 0.5) is 0 Å². The molecule has 2 unspecified atom stereocenters. The largest absolute Gasteiger partial charge is 0.455 e. The highest BCUT2D eigenvalue weighted by Gasteiger charge is 2.27. The second-order valence-electron chi connectivity index (χ2n) is 7.53. The zero-order chi connectivity index (χ0) is 21.8. The maximum Gasteiger partial charge on any atom is 0.311 e. The van der Waals surface area contributed by atoms with E-state index in [0.29, 0.717) is 13.1 Å². The Morgan fingerprint density at radius 2 is 1.87 bits per heavy atom. The highest BCUT2D eigenvalue weighted by molar-refractivity contribution is 7.17. The van der Waals surface area contributed by atoms with Crippen LogP contribution in [-0.2, 0) is 25.5 Å². The van der Waals surface area contributed by atoms with Gasteiger partial charge in [0.2, 0.25) is 0 Å². The van der Waals surface area contributed by atoms with E-state index in [9.17, 15) is 9.59 Å². The minimum absolute atomic E-state index is 0.0228. The van der Waals surface area contributed by atoms with Crippen molar-refractivity contribution in [3.63, 3.8) is 0 Å². The van der Waals surface area contributed by atoms with Crippen molar-refractivity contribution in [2.45, 2.75) is 32.5 Å². The second-order valence-corrected chi connectivity index (χ2v) is 9.56. The standard InChI is InChI=1S/C23H24N2O4S2/c1-15-12-25(13-16(2)29-15)20(26)14-28-21(27)11-19-22(18-9-6-10-30-18)24-23(31-19)17-7-4-3-5-8-17/h3-10,15-16H,11-14H2,1-2H3. The maximum atomic E-state index is 12.6. The summed E-state index contributed by atoms with van der Waals surface area (Å²) in [7, 11) is 0. The molecule has 2 atom stereocenters. The predicted octanol–water partition coefficient (Wildman–Crippen LogP) is 4.26. The molecule has 0 N–H and O–H groups in total. The van der Waals surface area contributed by atoms with E-state index in [4.69, 9.17) is 14.5 Å². The number of rotatable bonds is 6. The van der Waals surface area contributed by atoms with Crippen molar-refractivity contribution in [1.82, 2.24) is 9.88 Å². The molecule has 0 bridgehead atoms. The van der Waals surface area contributed by atoms with Crippen LogP contribution in [0.1, 0.15) is 18.7 Å². The quantitative estimate of drug-likeness (QED) is 0.519. The van der Waals surface area contributed by atoms with E-state index in [1.54, 1.807) is 16.2 Å². The number of carbonyl (C=O) groups excluding carboxylic acids is 2. The van der Waals surface area contributed by atoms with E-state index in [1.165, 1.54) is 11.3 Å². The molecule has 0 radical (unpaired) electrons. The van der Waals surface area contributed by atoms with Gasteiger partial charge in [-0.05, 0) is 25.3 Å². The first-order valence-corrected chi connectivity index (χ1v) is 11.9. The number of nitrogens with zero attached hydrogens (tertiary/aromatic N) is 2. The molecule has 31 heavy (non-hydrogen) atoms. The number of amides is 1. The Bertz CT molecular complexity index is 1020.